The minimum absolute atomic E-state index is 0.999. The van der Waals surface area contributed by atoms with E-state index in [1.807, 2.05) is 36.4 Å². The molecular formula is C22H16N4S2. The smallest absolute Gasteiger partial charge is 0.115 e. The highest BCUT2D eigenvalue weighted by Gasteiger charge is 2.03. The molecule has 4 nitrogen and oxygen atoms in total. The summed E-state index contributed by atoms with van der Waals surface area (Å²) in [6.45, 7) is 0. The standard InChI is InChI=1S/C18H12N2S2.C4H4N2/c1-3-7-15-13(5-1)9-11-17(19-15)21-22-18-12-10-14-6-2-4-8-16(14)20-18;1-2-5-4-6-3-1/h1-12H;1-4H. The summed E-state index contributed by atoms with van der Waals surface area (Å²) in [5, 5.41) is 4.33. The molecule has 0 aliphatic rings. The molecule has 0 N–H and O–H groups in total. The van der Waals surface area contributed by atoms with Crippen LogP contribution in [0.2, 0.25) is 0 Å². The third kappa shape index (κ3) is 4.85. The van der Waals surface area contributed by atoms with Crippen molar-refractivity contribution in [3.8, 4) is 0 Å². The van der Waals surface area contributed by atoms with Crippen molar-refractivity contribution in [2.24, 2.45) is 0 Å². The normalized spacial score (nSPS) is 10.4. The molecule has 0 aliphatic heterocycles. The molecule has 0 aliphatic carbocycles. The maximum absolute atomic E-state index is 4.67. The summed E-state index contributed by atoms with van der Waals surface area (Å²) in [6, 6.07) is 26.4. The third-order valence-corrected chi connectivity index (χ3v) is 5.99. The number of para-hydroxylation sites is 2. The van der Waals surface area contributed by atoms with Crippen molar-refractivity contribution >= 4 is 43.4 Å². The fourth-order valence-corrected chi connectivity index (χ4v) is 4.28. The third-order valence-electron chi connectivity index (χ3n) is 3.84. The lowest BCUT2D eigenvalue weighted by Gasteiger charge is -2.03. The number of pyridine rings is 2. The fraction of sp³-hybridized carbons (Fsp3) is 0. The molecule has 0 saturated heterocycles. The summed E-state index contributed by atoms with van der Waals surface area (Å²) in [7, 11) is 3.28. The largest absolute Gasteiger partial charge is 0.245 e. The van der Waals surface area contributed by atoms with Gasteiger partial charge in [0.05, 0.1) is 11.0 Å². The minimum atomic E-state index is 0.999. The van der Waals surface area contributed by atoms with Crippen molar-refractivity contribution in [1.29, 1.82) is 0 Å². The van der Waals surface area contributed by atoms with Gasteiger partial charge >= 0.3 is 0 Å². The predicted molar refractivity (Wildman–Crippen MR) is 117 cm³/mol. The SMILES string of the molecule is c1ccc2nc(SSc3ccc4ccccc4n3)ccc2c1.c1cncnc1. The highest BCUT2D eigenvalue weighted by molar-refractivity contribution is 8.76. The van der Waals surface area contributed by atoms with Gasteiger partial charge in [0.2, 0.25) is 0 Å². The second-order valence-corrected chi connectivity index (χ2v) is 7.93. The zero-order valence-corrected chi connectivity index (χ0v) is 16.5. The van der Waals surface area contributed by atoms with Crippen LogP contribution in [0.15, 0.2) is 108 Å². The van der Waals surface area contributed by atoms with E-state index in [9.17, 15) is 0 Å². The minimum Gasteiger partial charge on any atom is -0.245 e. The van der Waals surface area contributed by atoms with Crippen LogP contribution in [-0.4, -0.2) is 19.9 Å². The Hall–Kier alpha value is -2.96. The van der Waals surface area contributed by atoms with Crippen LogP contribution in [0.25, 0.3) is 21.8 Å². The van der Waals surface area contributed by atoms with Crippen molar-refractivity contribution in [3.63, 3.8) is 0 Å². The number of benzene rings is 2. The number of fused-ring (bicyclic) bond motifs is 2. The van der Waals surface area contributed by atoms with Gasteiger partial charge in [0.1, 0.15) is 16.4 Å². The van der Waals surface area contributed by atoms with Gasteiger partial charge in [0, 0.05) is 23.2 Å². The zero-order chi connectivity index (χ0) is 19.0. The number of nitrogens with zero attached hydrogens (tertiary/aromatic N) is 4. The molecule has 0 bridgehead atoms. The summed E-state index contributed by atoms with van der Waals surface area (Å²) in [6.07, 6.45) is 4.88. The second-order valence-electron chi connectivity index (χ2n) is 5.76. The van der Waals surface area contributed by atoms with Crippen LogP contribution in [0.3, 0.4) is 0 Å². The van der Waals surface area contributed by atoms with Gasteiger partial charge in [-0.3, -0.25) is 0 Å². The first-order chi connectivity index (χ1) is 13.9. The Labute approximate surface area is 170 Å². The van der Waals surface area contributed by atoms with Crippen LogP contribution < -0.4 is 0 Å². The monoisotopic (exact) mass is 400 g/mol. The molecule has 2 aromatic carbocycles. The summed E-state index contributed by atoms with van der Waals surface area (Å²) >= 11 is 0. The van der Waals surface area contributed by atoms with Gasteiger partial charge in [0.15, 0.2) is 0 Å². The van der Waals surface area contributed by atoms with Crippen LogP contribution in [0.5, 0.6) is 0 Å². The molecule has 0 spiro atoms. The van der Waals surface area contributed by atoms with E-state index in [-0.39, 0.29) is 0 Å². The average molecular weight is 401 g/mol. The van der Waals surface area contributed by atoms with Gasteiger partial charge in [-0.1, -0.05) is 48.5 Å². The zero-order valence-electron chi connectivity index (χ0n) is 14.8. The van der Waals surface area contributed by atoms with Gasteiger partial charge in [-0.2, -0.15) is 0 Å². The van der Waals surface area contributed by atoms with Crippen molar-refractivity contribution in [1.82, 2.24) is 19.9 Å². The van der Waals surface area contributed by atoms with Gasteiger partial charge in [-0.15, -0.1) is 0 Å². The Morgan fingerprint density at radius 3 is 1.43 bits per heavy atom. The molecular weight excluding hydrogens is 384 g/mol. The number of hydrogen-bond acceptors (Lipinski definition) is 6. The molecule has 0 atom stereocenters. The van der Waals surface area contributed by atoms with Crippen LogP contribution in [0.4, 0.5) is 0 Å². The Bertz CT molecular complexity index is 1080. The molecule has 6 heteroatoms. The highest BCUT2D eigenvalue weighted by Crippen LogP contribution is 2.36. The number of rotatable bonds is 3. The molecule has 136 valence electrons. The molecule has 0 amide bonds. The first-order valence-corrected chi connectivity index (χ1v) is 10.8. The summed E-state index contributed by atoms with van der Waals surface area (Å²) in [5.41, 5.74) is 2.05. The first-order valence-electron chi connectivity index (χ1n) is 8.64. The molecule has 28 heavy (non-hydrogen) atoms. The Morgan fingerprint density at radius 1 is 0.500 bits per heavy atom. The summed E-state index contributed by atoms with van der Waals surface area (Å²) in [5.74, 6) is 0. The quantitative estimate of drug-likeness (QED) is 0.343. The lowest BCUT2D eigenvalue weighted by Crippen LogP contribution is -1.82. The number of aromatic nitrogens is 4. The molecule has 0 unspecified atom stereocenters. The van der Waals surface area contributed by atoms with Crippen LogP contribution in [-0.2, 0) is 0 Å². The van der Waals surface area contributed by atoms with E-state index in [0.29, 0.717) is 0 Å². The highest BCUT2D eigenvalue weighted by atomic mass is 33.1. The molecule has 5 rings (SSSR count). The molecule has 5 aromatic rings. The van der Waals surface area contributed by atoms with Gasteiger partial charge in [-0.25, -0.2) is 19.9 Å². The molecule has 3 aromatic heterocycles. The average Bonchev–Trinajstić information content (AvgIpc) is 2.79. The van der Waals surface area contributed by atoms with Gasteiger partial charge in [0.25, 0.3) is 0 Å². The maximum atomic E-state index is 4.67. The van der Waals surface area contributed by atoms with E-state index in [1.54, 1.807) is 40.0 Å². The Morgan fingerprint density at radius 2 is 1.00 bits per heavy atom. The lowest BCUT2D eigenvalue weighted by molar-refractivity contribution is 1.17. The van der Waals surface area contributed by atoms with Crippen molar-refractivity contribution in [2.75, 3.05) is 0 Å². The van der Waals surface area contributed by atoms with Gasteiger partial charge < -0.3 is 0 Å². The van der Waals surface area contributed by atoms with E-state index < -0.39 is 0 Å². The van der Waals surface area contributed by atoms with E-state index in [4.69, 9.17) is 0 Å². The fourth-order valence-electron chi connectivity index (χ4n) is 2.53. The lowest BCUT2D eigenvalue weighted by atomic mass is 10.2. The maximum Gasteiger partial charge on any atom is 0.115 e. The first kappa shape index (κ1) is 18.4. The molecule has 0 saturated carbocycles. The Balaban J connectivity index is 0.000000275. The van der Waals surface area contributed by atoms with Crippen LogP contribution >= 0.6 is 21.6 Å². The van der Waals surface area contributed by atoms with Gasteiger partial charge in [-0.05, 0) is 51.9 Å². The molecule has 0 radical (unpaired) electrons. The van der Waals surface area contributed by atoms with E-state index in [2.05, 4.69) is 56.3 Å². The van der Waals surface area contributed by atoms with Crippen molar-refractivity contribution in [3.05, 3.63) is 97.6 Å². The summed E-state index contributed by atoms with van der Waals surface area (Å²) < 4.78 is 0. The Kier molecular flexibility index (Phi) is 6.11. The summed E-state index contributed by atoms with van der Waals surface area (Å²) in [4.78, 5) is 16.7. The van der Waals surface area contributed by atoms with E-state index in [0.717, 1.165) is 21.1 Å². The van der Waals surface area contributed by atoms with E-state index in [1.165, 1.54) is 17.1 Å². The second kappa shape index (κ2) is 9.30. The molecule has 3 heterocycles. The van der Waals surface area contributed by atoms with Crippen molar-refractivity contribution < 1.29 is 0 Å². The topological polar surface area (TPSA) is 51.6 Å². The van der Waals surface area contributed by atoms with E-state index >= 15 is 0 Å². The van der Waals surface area contributed by atoms with Crippen molar-refractivity contribution in [2.45, 2.75) is 10.1 Å². The van der Waals surface area contributed by atoms with Crippen LogP contribution in [0, 0.1) is 0 Å². The predicted octanol–water partition coefficient (Wildman–Crippen LogP) is 6.06. The number of hydrogen-bond donors (Lipinski definition) is 0. The van der Waals surface area contributed by atoms with Crippen LogP contribution in [0.1, 0.15) is 0 Å². The molecule has 0 fully saturated rings.